The predicted molar refractivity (Wildman–Crippen MR) is 195 cm³/mol. The normalized spacial score (nSPS) is 13.2. The van der Waals surface area contributed by atoms with Gasteiger partial charge in [-0.2, -0.15) is 0 Å². The van der Waals surface area contributed by atoms with Gasteiger partial charge < -0.3 is 8.98 Å². The number of hydrogen-bond donors (Lipinski definition) is 0. The van der Waals surface area contributed by atoms with Crippen molar-refractivity contribution < 1.29 is 12.9 Å². The first kappa shape index (κ1) is 26.5. The number of benzene rings is 5. The SMILES string of the molecule is [2H]C([2H])([2H])c1ccc(-c2cnc3c(c2)oc2c(-c4nc5ccc(F)cc5n4CCc4c(-c5ccccc5)cccc4C(C)(C)C)cccc23)cc1. The highest BCUT2D eigenvalue weighted by Crippen LogP contribution is 2.39. The molecule has 0 radical (unpaired) electrons. The van der Waals surface area contributed by atoms with Gasteiger partial charge >= 0.3 is 0 Å². The molecule has 8 aromatic rings. The summed E-state index contributed by atoms with van der Waals surface area (Å²) in [5.74, 6) is 0.371. The summed E-state index contributed by atoms with van der Waals surface area (Å²) in [6, 6.07) is 36.4. The van der Waals surface area contributed by atoms with Gasteiger partial charge in [0.05, 0.1) is 16.6 Å². The lowest BCUT2D eigenvalue weighted by Crippen LogP contribution is -2.16. The predicted octanol–water partition coefficient (Wildman–Crippen LogP) is 11.3. The third kappa shape index (κ3) is 5.26. The van der Waals surface area contributed by atoms with Crippen LogP contribution in [0.2, 0.25) is 0 Å². The molecule has 48 heavy (non-hydrogen) atoms. The standard InChI is InChI=1S/C43H36FN3O/c1-27-16-18-28(19-17-27)30-24-39-40(45-26-30)34-13-8-14-35(41(34)48-39)42-46-37-21-20-31(44)25-38(37)47(42)23-22-33-32(29-10-6-5-7-11-29)12-9-15-36(33)43(2,3)4/h5-21,24-26H,22-23H2,1-4H3/i1D3. The van der Waals surface area contributed by atoms with Crippen LogP contribution in [0.3, 0.4) is 0 Å². The molecular formula is C43H36FN3O. The van der Waals surface area contributed by atoms with Gasteiger partial charge in [-0.3, -0.25) is 4.98 Å². The Balaban J connectivity index is 1.25. The molecule has 8 rings (SSSR count). The molecule has 0 bridgehead atoms. The smallest absolute Gasteiger partial charge is 0.154 e. The van der Waals surface area contributed by atoms with Crippen molar-refractivity contribution in [3.8, 4) is 33.6 Å². The lowest BCUT2D eigenvalue weighted by molar-refractivity contribution is 0.577. The molecule has 0 spiro atoms. The van der Waals surface area contributed by atoms with E-state index in [1.165, 1.54) is 22.8 Å². The number of aryl methyl sites for hydroxylation is 2. The van der Waals surface area contributed by atoms with Crippen LogP contribution in [0.5, 0.6) is 0 Å². The Hall–Kier alpha value is -5.55. The maximum atomic E-state index is 14.9. The molecule has 3 heterocycles. The van der Waals surface area contributed by atoms with Crippen molar-refractivity contribution in [1.82, 2.24) is 14.5 Å². The van der Waals surface area contributed by atoms with E-state index in [0.29, 0.717) is 41.0 Å². The average Bonchev–Trinajstić information content (AvgIpc) is 3.67. The van der Waals surface area contributed by atoms with Gasteiger partial charge in [0.25, 0.3) is 0 Å². The molecule has 0 unspecified atom stereocenters. The van der Waals surface area contributed by atoms with Crippen molar-refractivity contribution in [1.29, 1.82) is 0 Å². The fourth-order valence-corrected chi connectivity index (χ4v) is 6.86. The van der Waals surface area contributed by atoms with Gasteiger partial charge in [-0.1, -0.05) is 105 Å². The molecule has 0 atom stereocenters. The molecule has 0 saturated carbocycles. The summed E-state index contributed by atoms with van der Waals surface area (Å²) in [7, 11) is 0. The molecule has 236 valence electrons. The van der Waals surface area contributed by atoms with Crippen molar-refractivity contribution in [2.75, 3.05) is 0 Å². The van der Waals surface area contributed by atoms with Crippen LogP contribution in [0.1, 0.15) is 41.6 Å². The highest BCUT2D eigenvalue weighted by Gasteiger charge is 2.23. The summed E-state index contributed by atoms with van der Waals surface area (Å²) in [5.41, 5.74) is 10.9. The van der Waals surface area contributed by atoms with Gasteiger partial charge in [-0.15, -0.1) is 0 Å². The van der Waals surface area contributed by atoms with E-state index in [1.807, 2.05) is 30.3 Å². The Morgan fingerprint density at radius 3 is 2.38 bits per heavy atom. The first-order chi connectivity index (χ1) is 24.5. The summed E-state index contributed by atoms with van der Waals surface area (Å²) in [5, 5.41) is 0.848. The van der Waals surface area contributed by atoms with E-state index in [4.69, 9.17) is 18.5 Å². The summed E-state index contributed by atoms with van der Waals surface area (Å²) in [6.07, 6.45) is 2.48. The molecule has 0 aliphatic rings. The van der Waals surface area contributed by atoms with E-state index in [0.717, 1.165) is 33.2 Å². The lowest BCUT2D eigenvalue weighted by atomic mass is 9.80. The number of hydrogen-bond acceptors (Lipinski definition) is 3. The van der Waals surface area contributed by atoms with Gasteiger partial charge in [0.15, 0.2) is 5.58 Å². The molecule has 0 amide bonds. The number of pyridine rings is 1. The quantitative estimate of drug-likeness (QED) is 0.183. The molecule has 3 aromatic heterocycles. The van der Waals surface area contributed by atoms with E-state index in [2.05, 4.69) is 67.8 Å². The highest BCUT2D eigenvalue weighted by atomic mass is 19.1. The second-order valence-electron chi connectivity index (χ2n) is 13.4. The number of fused-ring (bicyclic) bond motifs is 4. The minimum atomic E-state index is -2.17. The van der Waals surface area contributed by atoms with Crippen molar-refractivity contribution >= 4 is 33.1 Å². The van der Waals surface area contributed by atoms with Gasteiger partial charge in [0.2, 0.25) is 0 Å². The first-order valence-electron chi connectivity index (χ1n) is 17.7. The van der Waals surface area contributed by atoms with Crippen LogP contribution in [0.15, 0.2) is 126 Å². The minimum absolute atomic E-state index is 0.0880. The third-order valence-corrected chi connectivity index (χ3v) is 9.16. The van der Waals surface area contributed by atoms with Crippen molar-refractivity contribution in [2.45, 2.75) is 46.0 Å². The zero-order valence-electron chi connectivity index (χ0n) is 30.1. The lowest BCUT2D eigenvalue weighted by Gasteiger charge is -2.26. The number of furan rings is 1. The van der Waals surface area contributed by atoms with Gasteiger partial charge in [-0.25, -0.2) is 9.37 Å². The highest BCUT2D eigenvalue weighted by molar-refractivity contribution is 6.08. The maximum Gasteiger partial charge on any atom is 0.154 e. The number of halogens is 1. The zero-order valence-corrected chi connectivity index (χ0v) is 27.1. The largest absolute Gasteiger partial charge is 0.454 e. The van der Waals surface area contributed by atoms with Crippen molar-refractivity contribution in [2.24, 2.45) is 0 Å². The van der Waals surface area contributed by atoms with Crippen LogP contribution in [0, 0.1) is 12.7 Å². The Bertz CT molecular complexity index is 2560. The molecule has 0 fully saturated rings. The van der Waals surface area contributed by atoms with Crippen LogP contribution in [0.25, 0.3) is 66.7 Å². The number of rotatable bonds is 6. The number of para-hydroxylation sites is 1. The van der Waals surface area contributed by atoms with Crippen molar-refractivity contribution in [3.63, 3.8) is 0 Å². The Morgan fingerprint density at radius 2 is 1.58 bits per heavy atom. The van der Waals surface area contributed by atoms with Crippen LogP contribution in [-0.2, 0) is 18.4 Å². The second-order valence-corrected chi connectivity index (χ2v) is 13.4. The third-order valence-electron chi connectivity index (χ3n) is 9.16. The molecule has 0 aliphatic carbocycles. The van der Waals surface area contributed by atoms with E-state index in [-0.39, 0.29) is 16.8 Å². The minimum Gasteiger partial charge on any atom is -0.454 e. The molecule has 4 nitrogen and oxygen atoms in total. The molecular weight excluding hydrogens is 593 g/mol. The Labute approximate surface area is 283 Å². The second kappa shape index (κ2) is 11.6. The van der Waals surface area contributed by atoms with Gasteiger partial charge in [0.1, 0.15) is 22.7 Å². The topological polar surface area (TPSA) is 43.9 Å². The summed E-state index contributed by atoms with van der Waals surface area (Å²) in [6.45, 7) is 5.11. The fourth-order valence-electron chi connectivity index (χ4n) is 6.86. The van der Waals surface area contributed by atoms with E-state index >= 15 is 0 Å². The van der Waals surface area contributed by atoms with Crippen LogP contribution >= 0.6 is 0 Å². The number of aromatic nitrogens is 3. The van der Waals surface area contributed by atoms with Crippen LogP contribution in [-0.4, -0.2) is 14.5 Å². The van der Waals surface area contributed by atoms with Crippen molar-refractivity contribution in [3.05, 3.63) is 144 Å². The number of imidazole rings is 1. The molecule has 0 aliphatic heterocycles. The molecule has 0 N–H and O–H groups in total. The summed E-state index contributed by atoms with van der Waals surface area (Å²) >= 11 is 0. The van der Waals surface area contributed by atoms with Gasteiger partial charge in [-0.05, 0) is 82.9 Å². The van der Waals surface area contributed by atoms with Crippen LogP contribution < -0.4 is 0 Å². The Morgan fingerprint density at radius 1 is 0.792 bits per heavy atom. The Kier molecular flexibility index (Phi) is 6.41. The van der Waals surface area contributed by atoms with E-state index in [9.17, 15) is 4.39 Å². The molecule has 5 aromatic carbocycles. The fraction of sp³-hybridized carbons (Fsp3) is 0.163. The summed E-state index contributed by atoms with van der Waals surface area (Å²) in [4.78, 5) is 9.87. The monoisotopic (exact) mass is 632 g/mol. The molecule has 0 saturated heterocycles. The van der Waals surface area contributed by atoms with E-state index < -0.39 is 6.85 Å². The zero-order chi connectivity index (χ0) is 35.5. The average molecular weight is 633 g/mol. The van der Waals surface area contributed by atoms with E-state index in [1.54, 1.807) is 42.6 Å². The number of nitrogens with zero attached hydrogens (tertiary/aromatic N) is 3. The first-order valence-corrected chi connectivity index (χ1v) is 16.2. The van der Waals surface area contributed by atoms with Gasteiger partial charge in [0, 0.05) is 27.8 Å². The maximum absolute atomic E-state index is 14.9. The van der Waals surface area contributed by atoms with Crippen LogP contribution in [0.4, 0.5) is 4.39 Å². The summed E-state index contributed by atoms with van der Waals surface area (Å²) < 4.78 is 46.6. The molecule has 5 heteroatoms.